The molecule has 3 saturated carbocycles. The van der Waals surface area contributed by atoms with Crippen LogP contribution in [0.1, 0.15) is 93.4 Å². The van der Waals surface area contributed by atoms with Crippen LogP contribution in [0, 0.1) is 45.8 Å². The second-order valence-corrected chi connectivity index (χ2v) is 12.4. The molecule has 0 bridgehead atoms. The van der Waals surface area contributed by atoms with Gasteiger partial charge in [0.15, 0.2) is 11.6 Å². The lowest BCUT2D eigenvalue weighted by molar-refractivity contribution is -0.164. The van der Waals surface area contributed by atoms with E-state index in [1.807, 2.05) is 0 Å². The molecular formula is C29H42O3. The lowest BCUT2D eigenvalue weighted by atomic mass is 9.41. The minimum atomic E-state index is -0.556. The zero-order chi connectivity index (χ0) is 23.6. The molecule has 0 unspecified atom stereocenters. The first kappa shape index (κ1) is 23.6. The first-order chi connectivity index (χ1) is 14.9. The summed E-state index contributed by atoms with van der Waals surface area (Å²) < 4.78 is 0. The Morgan fingerprint density at radius 2 is 1.72 bits per heavy atom. The smallest absolute Gasteiger partial charge is 0.160 e. The summed E-state index contributed by atoms with van der Waals surface area (Å²) in [6, 6.07) is 0. The first-order valence-corrected chi connectivity index (χ1v) is 12.9. The third-order valence-corrected chi connectivity index (χ3v) is 10.8. The van der Waals surface area contributed by atoms with Gasteiger partial charge in [-0.05, 0) is 73.7 Å². The molecule has 0 aromatic carbocycles. The van der Waals surface area contributed by atoms with Crippen LogP contribution in [-0.2, 0) is 14.4 Å². The van der Waals surface area contributed by atoms with Crippen molar-refractivity contribution in [3.63, 3.8) is 0 Å². The van der Waals surface area contributed by atoms with E-state index in [9.17, 15) is 14.4 Å². The number of hydrogen-bond acceptors (Lipinski definition) is 3. The third kappa shape index (κ3) is 3.09. The predicted molar refractivity (Wildman–Crippen MR) is 128 cm³/mol. The molecule has 0 heterocycles. The standard InChI is InChI=1S/C29H42O3/c1-17(2)20(5)18(3)14-19(4)22-8-9-26(32)29-16-24(31)23-15-21(30)10-12-27(23,6)25(29)11-13-28(22,29)7/h14-15,17,19-20,22,25H,8-13,16H2,1-7H3/b18-14+/t19-,20-,22-,25-,27+,28-,29+/m1/s1. The molecule has 0 aromatic heterocycles. The Kier molecular flexibility index (Phi) is 5.74. The molecule has 0 radical (unpaired) electrons. The monoisotopic (exact) mass is 438 g/mol. The Labute approximate surface area is 194 Å². The average Bonchev–Trinajstić information content (AvgIpc) is 3.04. The molecule has 0 aromatic rings. The van der Waals surface area contributed by atoms with Gasteiger partial charge >= 0.3 is 0 Å². The van der Waals surface area contributed by atoms with Crippen LogP contribution >= 0.6 is 0 Å². The number of Topliss-reactive ketones (excluding diaryl/α,β-unsaturated/α-hetero) is 2. The second kappa shape index (κ2) is 7.77. The van der Waals surface area contributed by atoms with E-state index in [0.29, 0.717) is 55.1 Å². The van der Waals surface area contributed by atoms with Gasteiger partial charge in [0.1, 0.15) is 5.78 Å². The highest BCUT2D eigenvalue weighted by Crippen LogP contribution is 2.74. The Hall–Kier alpha value is -1.51. The Morgan fingerprint density at radius 1 is 1.03 bits per heavy atom. The minimum absolute atomic E-state index is 0.0618. The van der Waals surface area contributed by atoms with Crippen molar-refractivity contribution in [2.45, 2.75) is 93.4 Å². The number of fused-ring (bicyclic) bond motifs is 2. The van der Waals surface area contributed by atoms with Crippen molar-refractivity contribution in [2.75, 3.05) is 0 Å². The van der Waals surface area contributed by atoms with Crippen LogP contribution in [0.3, 0.4) is 0 Å². The third-order valence-electron chi connectivity index (χ3n) is 10.8. The van der Waals surface area contributed by atoms with Gasteiger partial charge in [0.05, 0.1) is 0 Å². The van der Waals surface area contributed by atoms with E-state index in [-0.39, 0.29) is 28.3 Å². The molecule has 0 saturated heterocycles. The highest BCUT2D eigenvalue weighted by Gasteiger charge is 2.72. The van der Waals surface area contributed by atoms with Crippen molar-refractivity contribution in [2.24, 2.45) is 45.8 Å². The van der Waals surface area contributed by atoms with Crippen LogP contribution in [0.15, 0.2) is 23.3 Å². The maximum absolute atomic E-state index is 13.8. The molecular weight excluding hydrogens is 396 g/mol. The molecule has 0 N–H and O–H groups in total. The van der Waals surface area contributed by atoms with Crippen molar-refractivity contribution < 1.29 is 14.4 Å². The quantitative estimate of drug-likeness (QED) is 0.470. The molecule has 4 rings (SSSR count). The Bertz CT molecular complexity index is 907. The summed E-state index contributed by atoms with van der Waals surface area (Å²) >= 11 is 0. The van der Waals surface area contributed by atoms with Gasteiger partial charge in [-0.2, -0.15) is 0 Å². The number of rotatable bonds is 4. The Balaban J connectivity index is 1.76. The first-order valence-electron chi connectivity index (χ1n) is 12.9. The van der Waals surface area contributed by atoms with Crippen molar-refractivity contribution >= 4 is 17.3 Å². The molecule has 4 aliphatic rings. The fourth-order valence-electron chi connectivity index (χ4n) is 8.53. The van der Waals surface area contributed by atoms with Gasteiger partial charge in [0.2, 0.25) is 0 Å². The summed E-state index contributed by atoms with van der Waals surface area (Å²) in [6.07, 6.45) is 9.14. The number of allylic oxidation sites excluding steroid dienone is 4. The summed E-state index contributed by atoms with van der Waals surface area (Å²) in [4.78, 5) is 39.4. The number of hydrogen-bond donors (Lipinski definition) is 0. The fraction of sp³-hybridized carbons (Fsp3) is 0.759. The zero-order valence-electron chi connectivity index (χ0n) is 21.2. The lowest BCUT2D eigenvalue weighted by Crippen LogP contribution is -2.61. The molecule has 176 valence electrons. The number of ketones is 3. The van der Waals surface area contributed by atoms with Crippen LogP contribution in [0.2, 0.25) is 0 Å². The summed E-state index contributed by atoms with van der Waals surface area (Å²) in [5, 5.41) is 0. The van der Waals surface area contributed by atoms with Crippen LogP contribution in [-0.4, -0.2) is 17.3 Å². The van der Waals surface area contributed by atoms with E-state index in [4.69, 9.17) is 0 Å². The fourth-order valence-corrected chi connectivity index (χ4v) is 8.53. The van der Waals surface area contributed by atoms with E-state index < -0.39 is 5.41 Å². The number of carbonyl (C=O) groups excluding carboxylic acids is 3. The van der Waals surface area contributed by atoms with Crippen LogP contribution in [0.5, 0.6) is 0 Å². The van der Waals surface area contributed by atoms with E-state index in [0.717, 1.165) is 24.8 Å². The second-order valence-electron chi connectivity index (χ2n) is 12.4. The van der Waals surface area contributed by atoms with Crippen LogP contribution < -0.4 is 0 Å². The zero-order valence-corrected chi connectivity index (χ0v) is 21.2. The SMILES string of the molecule is C/C(=C\[C@@H](C)[C@H]1CCC(=O)[C@]23CC(=O)C4=CC(=O)CC[C@]4(C)[C@H]2CC[C@]13C)[C@H](C)C(C)C. The van der Waals surface area contributed by atoms with Gasteiger partial charge in [-0.25, -0.2) is 0 Å². The van der Waals surface area contributed by atoms with Crippen molar-refractivity contribution in [1.29, 1.82) is 0 Å². The lowest BCUT2D eigenvalue weighted by Gasteiger charge is -2.60. The molecule has 3 nitrogen and oxygen atoms in total. The van der Waals surface area contributed by atoms with Crippen molar-refractivity contribution in [3.8, 4) is 0 Å². The molecule has 4 aliphatic carbocycles. The van der Waals surface area contributed by atoms with Gasteiger partial charge in [0, 0.05) is 35.7 Å². The largest absolute Gasteiger partial charge is 0.299 e. The van der Waals surface area contributed by atoms with Crippen LogP contribution in [0.25, 0.3) is 0 Å². The van der Waals surface area contributed by atoms with E-state index in [2.05, 4.69) is 54.5 Å². The van der Waals surface area contributed by atoms with Crippen LogP contribution in [0.4, 0.5) is 0 Å². The Morgan fingerprint density at radius 3 is 2.38 bits per heavy atom. The highest BCUT2D eigenvalue weighted by molar-refractivity contribution is 6.08. The summed E-state index contributed by atoms with van der Waals surface area (Å²) in [5.41, 5.74) is 1.12. The van der Waals surface area contributed by atoms with Crippen molar-refractivity contribution in [3.05, 3.63) is 23.3 Å². The maximum Gasteiger partial charge on any atom is 0.160 e. The molecule has 7 atom stereocenters. The molecule has 32 heavy (non-hydrogen) atoms. The number of carbonyl (C=O) groups is 3. The molecule has 0 amide bonds. The maximum atomic E-state index is 13.8. The van der Waals surface area contributed by atoms with Gasteiger partial charge in [-0.1, -0.05) is 53.2 Å². The van der Waals surface area contributed by atoms with E-state index in [1.54, 1.807) is 6.08 Å². The van der Waals surface area contributed by atoms with Crippen molar-refractivity contribution in [1.82, 2.24) is 0 Å². The predicted octanol–water partition coefficient (Wildman–Crippen LogP) is 6.51. The van der Waals surface area contributed by atoms with Gasteiger partial charge in [-0.3, -0.25) is 14.4 Å². The molecule has 3 heteroatoms. The molecule has 0 aliphatic heterocycles. The van der Waals surface area contributed by atoms with Gasteiger partial charge in [0.25, 0.3) is 0 Å². The topological polar surface area (TPSA) is 51.2 Å². The highest BCUT2D eigenvalue weighted by atomic mass is 16.1. The molecule has 1 spiro atoms. The van der Waals surface area contributed by atoms with Gasteiger partial charge < -0.3 is 0 Å². The van der Waals surface area contributed by atoms with Gasteiger partial charge in [-0.15, -0.1) is 0 Å². The van der Waals surface area contributed by atoms with E-state index >= 15 is 0 Å². The van der Waals surface area contributed by atoms with E-state index in [1.165, 1.54) is 5.57 Å². The molecule has 3 fully saturated rings. The summed E-state index contributed by atoms with van der Waals surface area (Å²) in [7, 11) is 0. The average molecular weight is 439 g/mol. The normalized spacial score (nSPS) is 41.7. The summed E-state index contributed by atoms with van der Waals surface area (Å²) in [6.45, 7) is 16.0. The minimum Gasteiger partial charge on any atom is -0.299 e. The summed E-state index contributed by atoms with van der Waals surface area (Å²) in [5.74, 6) is 2.59.